The minimum absolute atomic E-state index is 0.413. The van der Waals surface area contributed by atoms with Crippen molar-refractivity contribution in [2.45, 2.75) is 6.92 Å². The highest BCUT2D eigenvalue weighted by atomic mass is 35.5. The molecule has 0 radical (unpaired) electrons. The summed E-state index contributed by atoms with van der Waals surface area (Å²) in [7, 11) is 0. The lowest BCUT2D eigenvalue weighted by Crippen LogP contribution is -1.97. The van der Waals surface area contributed by atoms with E-state index in [9.17, 15) is 0 Å². The third-order valence-corrected chi connectivity index (χ3v) is 6.86. The van der Waals surface area contributed by atoms with Crippen LogP contribution in [0.5, 0.6) is 0 Å². The van der Waals surface area contributed by atoms with Crippen LogP contribution in [0.3, 0.4) is 0 Å². The molecule has 0 fully saturated rings. The molecule has 0 unspecified atom stereocenters. The molecule has 0 atom stereocenters. The van der Waals surface area contributed by atoms with Gasteiger partial charge in [0.1, 0.15) is 11.1 Å². The second kappa shape index (κ2) is 10.8. The van der Waals surface area contributed by atoms with E-state index in [1.165, 1.54) is 0 Å². The Kier molecular flexibility index (Phi) is 6.93. The summed E-state index contributed by atoms with van der Waals surface area (Å²) in [5.74, 6) is 1.38. The minimum atomic E-state index is 0.413. The third-order valence-electron chi connectivity index (χ3n) is 6.42. The molecule has 1 heterocycles. The summed E-state index contributed by atoms with van der Waals surface area (Å²) in [5.41, 5.74) is 7.61. The van der Waals surface area contributed by atoms with Gasteiger partial charge in [-0.25, -0.2) is 0 Å². The van der Waals surface area contributed by atoms with Gasteiger partial charge in [0.2, 0.25) is 0 Å². The van der Waals surface area contributed by atoms with Crippen LogP contribution < -0.4 is 0 Å². The monoisotopic (exact) mass is 545 g/mol. The van der Waals surface area contributed by atoms with Crippen LogP contribution >= 0.6 is 23.2 Å². The van der Waals surface area contributed by atoms with Crippen molar-refractivity contribution in [2.75, 3.05) is 0 Å². The molecule has 5 aromatic carbocycles. The Morgan fingerprint density at radius 3 is 1.49 bits per heavy atom. The van der Waals surface area contributed by atoms with Crippen LogP contribution in [-0.2, 0) is 0 Å². The molecule has 0 bridgehead atoms. The molecule has 3 nitrogen and oxygen atoms in total. The second-order valence-corrected chi connectivity index (χ2v) is 10.2. The van der Waals surface area contributed by atoms with Crippen molar-refractivity contribution in [2.24, 2.45) is 0 Å². The fraction of sp³-hybridized carbons (Fsp3) is 0.0294. The van der Waals surface area contributed by atoms with Gasteiger partial charge in [-0.1, -0.05) is 102 Å². The van der Waals surface area contributed by atoms with Gasteiger partial charge in [0.25, 0.3) is 0 Å². The van der Waals surface area contributed by atoms with Crippen molar-refractivity contribution in [3.63, 3.8) is 0 Å². The molecular weight excluding hydrogens is 523 g/mol. The van der Waals surface area contributed by atoms with Crippen LogP contribution in [0.15, 0.2) is 126 Å². The van der Waals surface area contributed by atoms with Crippen LogP contribution in [-0.4, -0.2) is 9.97 Å². The number of aryl methyl sites for hydroxylation is 1. The lowest BCUT2D eigenvalue weighted by atomic mass is 10.0. The predicted molar refractivity (Wildman–Crippen MR) is 161 cm³/mol. The fourth-order valence-corrected chi connectivity index (χ4v) is 4.92. The average Bonchev–Trinajstić information content (AvgIpc) is 2.97. The van der Waals surface area contributed by atoms with Gasteiger partial charge in [-0.05, 0) is 77.7 Å². The Balaban J connectivity index is 1.54. The zero-order valence-corrected chi connectivity index (χ0v) is 22.6. The van der Waals surface area contributed by atoms with E-state index in [0.29, 0.717) is 27.7 Å². The predicted octanol–water partition coefficient (Wildman–Crippen LogP) is 10.3. The molecular formula is C34H23Cl2N2O+. The van der Waals surface area contributed by atoms with Crippen LogP contribution in [0.4, 0.5) is 0 Å². The number of nitrogens with zero attached hydrogens (tertiary/aromatic N) is 2. The zero-order chi connectivity index (χ0) is 26.8. The van der Waals surface area contributed by atoms with Gasteiger partial charge in [-0.3, -0.25) is 0 Å². The standard InChI is InChI=1S/C34H23Cl2N2O/c1-22-12-14-25(15-13-22)33-37-32(28-16-26(18-30(35)20-28)23-8-4-2-5-9-23)38-34(39-33)29-17-27(19-31(36)21-29)24-10-6-3-7-11-24/h2-21H,1H3/q+1. The van der Waals surface area contributed by atoms with E-state index in [1.807, 2.05) is 116 Å². The van der Waals surface area contributed by atoms with Crippen molar-refractivity contribution in [1.82, 2.24) is 9.97 Å². The lowest BCUT2D eigenvalue weighted by molar-refractivity contribution is 0.540. The summed E-state index contributed by atoms with van der Waals surface area (Å²) in [6.45, 7) is 2.05. The minimum Gasteiger partial charge on any atom is -0.166 e. The SMILES string of the molecule is Cc1ccc(-c2nc(-c3cc(Cl)cc(-c4ccccc4)c3)nc(-c3cc(Cl)cc(-c4ccccc4)c3)[o+]2)cc1. The molecule has 0 N–H and O–H groups in total. The van der Waals surface area contributed by atoms with Gasteiger partial charge in [0, 0.05) is 15.6 Å². The van der Waals surface area contributed by atoms with Crippen molar-refractivity contribution in [1.29, 1.82) is 0 Å². The van der Waals surface area contributed by atoms with E-state index in [1.54, 1.807) is 0 Å². The first-order valence-electron chi connectivity index (χ1n) is 12.5. The number of rotatable bonds is 5. The fourth-order valence-electron chi connectivity index (χ4n) is 4.45. The van der Waals surface area contributed by atoms with Gasteiger partial charge in [-0.2, -0.15) is 4.42 Å². The Bertz CT molecular complexity index is 1660. The molecule has 0 aliphatic carbocycles. The van der Waals surface area contributed by atoms with E-state index in [-0.39, 0.29) is 0 Å². The molecule has 6 aromatic rings. The van der Waals surface area contributed by atoms with Crippen molar-refractivity contribution < 1.29 is 4.42 Å². The van der Waals surface area contributed by atoms with Crippen LogP contribution in [0, 0.1) is 6.92 Å². The van der Waals surface area contributed by atoms with Crippen molar-refractivity contribution >= 4 is 23.2 Å². The van der Waals surface area contributed by atoms with Gasteiger partial charge in [0.15, 0.2) is 5.82 Å². The van der Waals surface area contributed by atoms with Crippen LogP contribution in [0.2, 0.25) is 10.0 Å². The van der Waals surface area contributed by atoms with E-state index >= 15 is 0 Å². The third kappa shape index (κ3) is 5.61. The summed E-state index contributed by atoms with van der Waals surface area (Å²) in [4.78, 5) is 9.71. The Labute approximate surface area is 237 Å². The van der Waals surface area contributed by atoms with Crippen LogP contribution in [0.25, 0.3) is 56.6 Å². The van der Waals surface area contributed by atoms with E-state index in [4.69, 9.17) is 37.6 Å². The summed E-state index contributed by atoms with van der Waals surface area (Å²) in [5, 5.41) is 1.19. The largest absolute Gasteiger partial charge is 0.464 e. The van der Waals surface area contributed by atoms with E-state index < -0.39 is 0 Å². The topological polar surface area (TPSA) is 37.1 Å². The highest BCUT2D eigenvalue weighted by Gasteiger charge is 2.25. The molecule has 6 rings (SSSR count). The molecule has 0 saturated heterocycles. The number of benzene rings is 5. The van der Waals surface area contributed by atoms with Gasteiger partial charge >= 0.3 is 11.8 Å². The molecule has 0 amide bonds. The molecule has 0 spiro atoms. The molecule has 5 heteroatoms. The second-order valence-electron chi connectivity index (χ2n) is 9.31. The van der Waals surface area contributed by atoms with Gasteiger partial charge < -0.3 is 0 Å². The van der Waals surface area contributed by atoms with Crippen molar-refractivity contribution in [3.05, 3.63) is 137 Å². The summed E-state index contributed by atoms with van der Waals surface area (Å²) in [6, 6.07) is 39.9. The maximum absolute atomic E-state index is 6.59. The zero-order valence-electron chi connectivity index (χ0n) is 21.1. The first-order chi connectivity index (χ1) is 19.0. The molecule has 0 aliphatic heterocycles. The highest BCUT2D eigenvalue weighted by Crippen LogP contribution is 2.34. The molecule has 188 valence electrons. The maximum Gasteiger partial charge on any atom is 0.464 e. The van der Waals surface area contributed by atoms with E-state index in [2.05, 4.69) is 12.1 Å². The first-order valence-corrected chi connectivity index (χ1v) is 13.3. The summed E-state index contributed by atoms with van der Waals surface area (Å²) >= 11 is 13.2. The Hall–Kier alpha value is -4.31. The number of halogens is 2. The lowest BCUT2D eigenvalue weighted by Gasteiger charge is -2.07. The maximum atomic E-state index is 6.59. The normalized spacial score (nSPS) is 10.9. The van der Waals surface area contributed by atoms with Crippen molar-refractivity contribution in [3.8, 4) is 56.6 Å². The first kappa shape index (κ1) is 25.0. The summed E-state index contributed by atoms with van der Waals surface area (Å²) < 4.78 is 6.33. The Morgan fingerprint density at radius 1 is 0.462 bits per heavy atom. The quantitative estimate of drug-likeness (QED) is 0.202. The molecule has 39 heavy (non-hydrogen) atoms. The molecule has 0 aliphatic rings. The van der Waals surface area contributed by atoms with Gasteiger partial charge in [-0.15, -0.1) is 9.97 Å². The van der Waals surface area contributed by atoms with Gasteiger partial charge in [0.05, 0.1) is 0 Å². The molecule has 0 saturated carbocycles. The number of aromatic nitrogens is 2. The Morgan fingerprint density at radius 2 is 0.923 bits per heavy atom. The van der Waals surface area contributed by atoms with E-state index in [0.717, 1.165) is 44.5 Å². The average molecular weight is 546 g/mol. The number of hydrogen-bond donors (Lipinski definition) is 0. The smallest absolute Gasteiger partial charge is 0.166 e. The summed E-state index contributed by atoms with van der Waals surface area (Å²) in [6.07, 6.45) is 0. The highest BCUT2D eigenvalue weighted by molar-refractivity contribution is 6.31. The molecule has 1 aromatic heterocycles. The number of hydrogen-bond acceptors (Lipinski definition) is 2. The van der Waals surface area contributed by atoms with Crippen LogP contribution in [0.1, 0.15) is 5.56 Å².